The van der Waals surface area contributed by atoms with Gasteiger partial charge in [-0.25, -0.2) is 13.1 Å². The van der Waals surface area contributed by atoms with Crippen molar-refractivity contribution >= 4 is 32.6 Å². The molecule has 25 heavy (non-hydrogen) atoms. The van der Waals surface area contributed by atoms with Gasteiger partial charge in [0, 0.05) is 11.4 Å². The van der Waals surface area contributed by atoms with E-state index in [-0.39, 0.29) is 11.4 Å². The van der Waals surface area contributed by atoms with Crippen LogP contribution in [0.1, 0.15) is 11.7 Å². The fraction of sp³-hybridized carbons (Fsp3) is 0.158. The van der Waals surface area contributed by atoms with Crippen LogP contribution in [0.15, 0.2) is 76.5 Å². The zero-order valence-electron chi connectivity index (χ0n) is 13.7. The highest BCUT2D eigenvalue weighted by Crippen LogP contribution is 2.21. The molecule has 0 saturated heterocycles. The lowest BCUT2D eigenvalue weighted by Crippen LogP contribution is -2.28. The van der Waals surface area contributed by atoms with Gasteiger partial charge in [0.15, 0.2) is 0 Å². The summed E-state index contributed by atoms with van der Waals surface area (Å²) in [6, 6.07) is 20.0. The predicted molar refractivity (Wildman–Crippen MR) is 102 cm³/mol. The Morgan fingerprint density at radius 3 is 2.36 bits per heavy atom. The monoisotopic (exact) mass is 373 g/mol. The van der Waals surface area contributed by atoms with Crippen molar-refractivity contribution in [1.82, 2.24) is 4.72 Å². The van der Waals surface area contributed by atoms with Gasteiger partial charge in [-0.15, -0.1) is 11.8 Å². The Kier molecular flexibility index (Phi) is 5.44. The first-order chi connectivity index (χ1) is 12.0. The van der Waals surface area contributed by atoms with Crippen LogP contribution in [0.4, 0.5) is 0 Å². The van der Waals surface area contributed by atoms with E-state index in [1.54, 1.807) is 42.1 Å². The van der Waals surface area contributed by atoms with Crippen LogP contribution in [0, 0.1) is 0 Å². The molecule has 0 amide bonds. The van der Waals surface area contributed by atoms with Gasteiger partial charge in [-0.2, -0.15) is 0 Å². The van der Waals surface area contributed by atoms with Crippen molar-refractivity contribution in [3.63, 3.8) is 0 Å². The Hall–Kier alpha value is -1.86. The Bertz CT molecular complexity index is 969. The second kappa shape index (κ2) is 7.58. The van der Waals surface area contributed by atoms with Gasteiger partial charge in [-0.1, -0.05) is 42.5 Å². The molecule has 3 aromatic carbocycles. The Labute approximate surface area is 151 Å². The highest BCUT2D eigenvalue weighted by Gasteiger charge is 2.17. The van der Waals surface area contributed by atoms with Crippen molar-refractivity contribution < 1.29 is 13.5 Å². The fourth-order valence-electron chi connectivity index (χ4n) is 2.55. The molecule has 0 bridgehead atoms. The van der Waals surface area contributed by atoms with Gasteiger partial charge < -0.3 is 5.11 Å². The first-order valence-electron chi connectivity index (χ1n) is 7.80. The zero-order chi connectivity index (χ0) is 17.9. The van der Waals surface area contributed by atoms with Crippen molar-refractivity contribution in [2.45, 2.75) is 15.9 Å². The van der Waals surface area contributed by atoms with E-state index in [1.807, 2.05) is 42.7 Å². The maximum absolute atomic E-state index is 12.5. The minimum Gasteiger partial charge on any atom is -0.387 e. The van der Waals surface area contributed by atoms with Crippen LogP contribution < -0.4 is 4.72 Å². The lowest BCUT2D eigenvalue weighted by molar-refractivity contribution is 0.182. The summed E-state index contributed by atoms with van der Waals surface area (Å²) >= 11 is 1.61. The van der Waals surface area contributed by atoms with Crippen LogP contribution in [0.3, 0.4) is 0 Å². The van der Waals surface area contributed by atoms with Crippen molar-refractivity contribution in [2.24, 2.45) is 0 Å². The molecular formula is C19H19NO3S2. The molecule has 0 aliphatic heterocycles. The molecule has 1 unspecified atom stereocenters. The summed E-state index contributed by atoms with van der Waals surface area (Å²) in [5.41, 5.74) is 0.680. The molecule has 0 aliphatic carbocycles. The van der Waals surface area contributed by atoms with Gasteiger partial charge in [0.1, 0.15) is 0 Å². The molecule has 6 heteroatoms. The summed E-state index contributed by atoms with van der Waals surface area (Å²) in [7, 11) is -3.68. The van der Waals surface area contributed by atoms with Gasteiger partial charge in [-0.3, -0.25) is 0 Å². The average molecular weight is 373 g/mol. The van der Waals surface area contributed by atoms with Crippen LogP contribution in [0.5, 0.6) is 0 Å². The van der Waals surface area contributed by atoms with E-state index in [9.17, 15) is 13.5 Å². The predicted octanol–water partition coefficient (Wildman–Crippen LogP) is 3.57. The van der Waals surface area contributed by atoms with Gasteiger partial charge in [0.05, 0.1) is 11.0 Å². The Morgan fingerprint density at radius 2 is 1.68 bits per heavy atom. The van der Waals surface area contributed by atoms with Crippen LogP contribution in [-0.2, 0) is 10.0 Å². The number of aliphatic hydroxyl groups excluding tert-OH is 1. The summed E-state index contributed by atoms with van der Waals surface area (Å²) in [5.74, 6) is 0. The van der Waals surface area contributed by atoms with Crippen LogP contribution >= 0.6 is 11.8 Å². The lowest BCUT2D eigenvalue weighted by Gasteiger charge is -2.13. The highest BCUT2D eigenvalue weighted by atomic mass is 32.2. The second-order valence-corrected chi connectivity index (χ2v) is 8.30. The first-order valence-corrected chi connectivity index (χ1v) is 10.5. The van der Waals surface area contributed by atoms with E-state index in [4.69, 9.17) is 0 Å². The molecule has 0 aliphatic rings. The lowest BCUT2D eigenvalue weighted by atomic mass is 10.1. The Balaban J connectivity index is 1.73. The standard InChI is InChI=1S/C19H19NO3S2/c1-24-17-9-6-15(7-10-17)19(21)13-20-25(22,23)18-11-8-14-4-2-3-5-16(14)12-18/h2-12,19-21H,13H2,1H3. The molecule has 0 radical (unpaired) electrons. The molecule has 4 nitrogen and oxygen atoms in total. The molecular weight excluding hydrogens is 354 g/mol. The number of thioether (sulfide) groups is 1. The van der Waals surface area contributed by atoms with Crippen molar-refractivity contribution in [3.05, 3.63) is 72.3 Å². The second-order valence-electron chi connectivity index (χ2n) is 5.65. The maximum Gasteiger partial charge on any atom is 0.240 e. The zero-order valence-corrected chi connectivity index (χ0v) is 15.3. The van der Waals surface area contributed by atoms with E-state index in [0.717, 1.165) is 15.7 Å². The number of benzene rings is 3. The van der Waals surface area contributed by atoms with E-state index in [0.29, 0.717) is 5.56 Å². The van der Waals surface area contributed by atoms with Crippen LogP contribution in [-0.4, -0.2) is 26.3 Å². The van der Waals surface area contributed by atoms with Crippen molar-refractivity contribution in [3.8, 4) is 0 Å². The van der Waals surface area contributed by atoms with Crippen molar-refractivity contribution in [1.29, 1.82) is 0 Å². The molecule has 3 rings (SSSR count). The number of hydrogen-bond acceptors (Lipinski definition) is 4. The molecule has 2 N–H and O–H groups in total. The molecule has 3 aromatic rings. The number of aliphatic hydroxyl groups is 1. The summed E-state index contributed by atoms with van der Waals surface area (Å²) in [5, 5.41) is 12.1. The quantitative estimate of drug-likeness (QED) is 0.648. The maximum atomic E-state index is 12.5. The topological polar surface area (TPSA) is 66.4 Å². The smallest absolute Gasteiger partial charge is 0.240 e. The molecule has 0 heterocycles. The SMILES string of the molecule is CSc1ccc(C(O)CNS(=O)(=O)c2ccc3ccccc3c2)cc1. The summed E-state index contributed by atoms with van der Waals surface area (Å²) in [6.45, 7) is -0.0756. The summed E-state index contributed by atoms with van der Waals surface area (Å²) in [6.07, 6.45) is 1.08. The Morgan fingerprint density at radius 1 is 1.00 bits per heavy atom. The van der Waals surface area contributed by atoms with Crippen LogP contribution in [0.2, 0.25) is 0 Å². The number of hydrogen-bond donors (Lipinski definition) is 2. The first kappa shape index (κ1) is 17.9. The molecule has 0 spiro atoms. The summed E-state index contributed by atoms with van der Waals surface area (Å²) in [4.78, 5) is 1.28. The van der Waals surface area contributed by atoms with Gasteiger partial charge in [-0.05, 0) is 46.9 Å². The normalized spacial score (nSPS) is 13.0. The van der Waals surface area contributed by atoms with E-state index >= 15 is 0 Å². The molecule has 0 aromatic heterocycles. The van der Waals surface area contributed by atoms with Gasteiger partial charge in [0.2, 0.25) is 10.0 Å². The van der Waals surface area contributed by atoms with E-state index in [2.05, 4.69) is 4.72 Å². The van der Waals surface area contributed by atoms with Gasteiger partial charge >= 0.3 is 0 Å². The average Bonchev–Trinajstić information content (AvgIpc) is 2.66. The van der Waals surface area contributed by atoms with Gasteiger partial charge in [0.25, 0.3) is 0 Å². The van der Waals surface area contributed by atoms with Crippen molar-refractivity contribution in [2.75, 3.05) is 12.8 Å². The minimum absolute atomic E-state index is 0.0756. The number of fused-ring (bicyclic) bond motifs is 1. The molecule has 130 valence electrons. The molecule has 1 atom stereocenters. The largest absolute Gasteiger partial charge is 0.387 e. The molecule has 0 fully saturated rings. The number of sulfonamides is 1. The van der Waals surface area contributed by atoms with E-state index in [1.165, 1.54) is 0 Å². The summed E-state index contributed by atoms with van der Waals surface area (Å²) < 4.78 is 27.5. The third-order valence-corrected chi connectivity index (χ3v) is 6.16. The molecule has 0 saturated carbocycles. The van der Waals surface area contributed by atoms with Crippen LogP contribution in [0.25, 0.3) is 10.8 Å². The third kappa shape index (κ3) is 4.22. The minimum atomic E-state index is -3.68. The van der Waals surface area contributed by atoms with E-state index < -0.39 is 16.1 Å². The highest BCUT2D eigenvalue weighted by molar-refractivity contribution is 7.98. The number of nitrogens with one attached hydrogen (secondary N) is 1. The number of rotatable bonds is 6. The fourth-order valence-corrected chi connectivity index (χ4v) is 4.03. The third-order valence-electron chi connectivity index (χ3n) is 4.00.